The van der Waals surface area contributed by atoms with Crippen molar-refractivity contribution in [3.8, 4) is 0 Å². The van der Waals surface area contributed by atoms with Crippen LogP contribution in [0.25, 0.3) is 0 Å². The summed E-state index contributed by atoms with van der Waals surface area (Å²) in [6.07, 6.45) is 5.37. The van der Waals surface area contributed by atoms with Crippen molar-refractivity contribution in [2.75, 3.05) is 12.4 Å². The summed E-state index contributed by atoms with van der Waals surface area (Å²) < 4.78 is 4.90. The number of unbranched alkanes of at least 4 members (excludes halogenated alkanes) is 3. The zero-order chi connectivity index (χ0) is 10.8. The quantitative estimate of drug-likeness (QED) is 0.292. The van der Waals surface area contributed by atoms with E-state index in [0.29, 0.717) is 17.9 Å². The fourth-order valence-electron chi connectivity index (χ4n) is 1.11. The third-order valence-corrected chi connectivity index (χ3v) is 2.13. The number of carbonyl (C=O) groups excluding carboxylic acids is 1. The fourth-order valence-corrected chi connectivity index (χ4v) is 1.20. The molecule has 0 unspecified atom stereocenters. The first kappa shape index (κ1) is 13.6. The minimum absolute atomic E-state index is 0.268. The summed E-state index contributed by atoms with van der Waals surface area (Å²) in [5.74, 6) is 0.296. The smallest absolute Gasteiger partial charge is 0.333 e. The highest BCUT2D eigenvalue weighted by Crippen LogP contribution is 2.09. The van der Waals surface area contributed by atoms with Gasteiger partial charge in [0.2, 0.25) is 0 Å². The van der Waals surface area contributed by atoms with Crippen LogP contribution in [0.15, 0.2) is 12.2 Å². The van der Waals surface area contributed by atoms with Crippen LogP contribution in [0.2, 0.25) is 0 Å². The standard InChI is InChI=1S/C11H20O2S/c1-3-4-5-6-7-10(2)11(12)13-8-9-14/h14H,2-9H2,1H3. The molecule has 0 aromatic heterocycles. The maximum Gasteiger partial charge on any atom is 0.333 e. The van der Waals surface area contributed by atoms with Crippen LogP contribution in [0.3, 0.4) is 0 Å². The van der Waals surface area contributed by atoms with Gasteiger partial charge >= 0.3 is 5.97 Å². The predicted octanol–water partition coefficient (Wildman–Crippen LogP) is 2.99. The SMILES string of the molecule is C=C(CCCCCC)C(=O)OCCS. The average Bonchev–Trinajstić information content (AvgIpc) is 2.20. The molecule has 14 heavy (non-hydrogen) atoms. The highest BCUT2D eigenvalue weighted by molar-refractivity contribution is 7.80. The van der Waals surface area contributed by atoms with Crippen molar-refractivity contribution >= 4 is 18.6 Å². The van der Waals surface area contributed by atoms with E-state index in [1.165, 1.54) is 12.8 Å². The molecule has 0 bridgehead atoms. The lowest BCUT2D eigenvalue weighted by atomic mass is 10.1. The molecule has 0 amide bonds. The molecule has 0 aromatic carbocycles. The van der Waals surface area contributed by atoms with Crippen molar-refractivity contribution in [3.63, 3.8) is 0 Å². The molecule has 82 valence electrons. The molecule has 2 nitrogen and oxygen atoms in total. The van der Waals surface area contributed by atoms with Gasteiger partial charge in [-0.15, -0.1) is 0 Å². The Balaban J connectivity index is 3.47. The number of hydrogen-bond acceptors (Lipinski definition) is 3. The maximum atomic E-state index is 11.2. The lowest BCUT2D eigenvalue weighted by Gasteiger charge is -2.05. The second-order valence-corrected chi connectivity index (χ2v) is 3.72. The molecule has 0 spiro atoms. The van der Waals surface area contributed by atoms with Crippen LogP contribution in [0.1, 0.15) is 39.0 Å². The number of thiol groups is 1. The number of ether oxygens (including phenoxy) is 1. The van der Waals surface area contributed by atoms with E-state index in [9.17, 15) is 4.79 Å². The molecule has 0 heterocycles. The summed E-state index contributed by atoms with van der Waals surface area (Å²) in [6.45, 7) is 6.24. The predicted molar refractivity (Wildman–Crippen MR) is 62.7 cm³/mol. The second kappa shape index (κ2) is 9.13. The van der Waals surface area contributed by atoms with Crippen molar-refractivity contribution in [3.05, 3.63) is 12.2 Å². The summed E-state index contributed by atoms with van der Waals surface area (Å²) in [7, 11) is 0. The first-order valence-electron chi connectivity index (χ1n) is 5.18. The Bertz CT molecular complexity index is 178. The topological polar surface area (TPSA) is 26.3 Å². The molecule has 0 aliphatic rings. The van der Waals surface area contributed by atoms with Crippen LogP contribution in [0.4, 0.5) is 0 Å². The van der Waals surface area contributed by atoms with Gasteiger partial charge < -0.3 is 4.74 Å². The van der Waals surface area contributed by atoms with Crippen molar-refractivity contribution in [1.29, 1.82) is 0 Å². The molecular weight excluding hydrogens is 196 g/mol. The molecule has 0 saturated carbocycles. The third kappa shape index (κ3) is 7.01. The van der Waals surface area contributed by atoms with Gasteiger partial charge in [0, 0.05) is 11.3 Å². The number of hydrogen-bond donors (Lipinski definition) is 1. The van der Waals surface area contributed by atoms with Crippen LogP contribution in [0.5, 0.6) is 0 Å². The summed E-state index contributed by atoms with van der Waals surface area (Å²) in [4.78, 5) is 11.2. The van der Waals surface area contributed by atoms with Gasteiger partial charge in [-0.2, -0.15) is 12.6 Å². The lowest BCUT2D eigenvalue weighted by molar-refractivity contribution is -0.138. The fraction of sp³-hybridized carbons (Fsp3) is 0.727. The highest BCUT2D eigenvalue weighted by atomic mass is 32.1. The van der Waals surface area contributed by atoms with Crippen LogP contribution < -0.4 is 0 Å². The molecule has 0 saturated heterocycles. The van der Waals surface area contributed by atoms with Crippen molar-refractivity contribution < 1.29 is 9.53 Å². The van der Waals surface area contributed by atoms with Crippen molar-refractivity contribution in [1.82, 2.24) is 0 Å². The summed E-state index contributed by atoms with van der Waals surface area (Å²) in [5.41, 5.74) is 0.586. The third-order valence-electron chi connectivity index (χ3n) is 1.95. The van der Waals surface area contributed by atoms with E-state index in [1.54, 1.807) is 0 Å². The molecule has 3 heteroatoms. The summed E-state index contributed by atoms with van der Waals surface area (Å²) in [5, 5.41) is 0. The number of rotatable bonds is 8. The first-order chi connectivity index (χ1) is 6.72. The lowest BCUT2D eigenvalue weighted by Crippen LogP contribution is -2.08. The van der Waals surface area contributed by atoms with Gasteiger partial charge in [0.05, 0.1) is 0 Å². The second-order valence-electron chi connectivity index (χ2n) is 3.27. The van der Waals surface area contributed by atoms with Gasteiger partial charge in [-0.3, -0.25) is 0 Å². The molecule has 0 aliphatic carbocycles. The molecule has 0 atom stereocenters. The van der Waals surface area contributed by atoms with Gasteiger partial charge in [-0.1, -0.05) is 32.8 Å². The van der Waals surface area contributed by atoms with Crippen LogP contribution in [-0.2, 0) is 9.53 Å². The summed E-state index contributed by atoms with van der Waals surface area (Å²) in [6, 6.07) is 0. The Morgan fingerprint density at radius 2 is 2.07 bits per heavy atom. The Hall–Kier alpha value is -0.440. The van der Waals surface area contributed by atoms with E-state index < -0.39 is 0 Å². The molecular formula is C11H20O2S. The van der Waals surface area contributed by atoms with Crippen molar-refractivity contribution in [2.24, 2.45) is 0 Å². The van der Waals surface area contributed by atoms with E-state index in [0.717, 1.165) is 19.3 Å². The Morgan fingerprint density at radius 1 is 1.36 bits per heavy atom. The van der Waals surface area contributed by atoms with Crippen LogP contribution >= 0.6 is 12.6 Å². The van der Waals surface area contributed by atoms with Gasteiger partial charge in [0.1, 0.15) is 6.61 Å². The Morgan fingerprint density at radius 3 is 2.64 bits per heavy atom. The van der Waals surface area contributed by atoms with Crippen molar-refractivity contribution in [2.45, 2.75) is 39.0 Å². The highest BCUT2D eigenvalue weighted by Gasteiger charge is 2.06. The van der Waals surface area contributed by atoms with E-state index in [1.807, 2.05) is 0 Å². The molecule has 0 aliphatic heterocycles. The normalized spacial score (nSPS) is 9.86. The van der Waals surface area contributed by atoms with Gasteiger partial charge in [-0.25, -0.2) is 4.79 Å². The van der Waals surface area contributed by atoms with E-state index in [2.05, 4.69) is 26.1 Å². The molecule has 0 aromatic rings. The molecule has 0 fully saturated rings. The number of esters is 1. The molecule has 0 N–H and O–H groups in total. The van der Waals surface area contributed by atoms with E-state index >= 15 is 0 Å². The zero-order valence-electron chi connectivity index (χ0n) is 8.92. The monoisotopic (exact) mass is 216 g/mol. The minimum Gasteiger partial charge on any atom is -0.461 e. The zero-order valence-corrected chi connectivity index (χ0v) is 9.81. The van der Waals surface area contributed by atoms with Gasteiger partial charge in [-0.05, 0) is 12.8 Å². The minimum atomic E-state index is -0.268. The Labute approximate surface area is 92.1 Å². The van der Waals surface area contributed by atoms with E-state index in [-0.39, 0.29) is 5.97 Å². The average molecular weight is 216 g/mol. The largest absolute Gasteiger partial charge is 0.461 e. The van der Waals surface area contributed by atoms with E-state index in [4.69, 9.17) is 4.74 Å². The van der Waals surface area contributed by atoms with Gasteiger partial charge in [0.25, 0.3) is 0 Å². The molecule has 0 radical (unpaired) electrons. The first-order valence-corrected chi connectivity index (χ1v) is 5.81. The number of carbonyl (C=O) groups is 1. The van der Waals surface area contributed by atoms with Crippen LogP contribution in [0, 0.1) is 0 Å². The summed E-state index contributed by atoms with van der Waals surface area (Å²) >= 11 is 3.96. The maximum absolute atomic E-state index is 11.2. The Kier molecular flexibility index (Phi) is 8.84. The van der Waals surface area contributed by atoms with Gasteiger partial charge in [0.15, 0.2) is 0 Å². The molecule has 0 rings (SSSR count). The van der Waals surface area contributed by atoms with Crippen LogP contribution in [-0.4, -0.2) is 18.3 Å².